The molecule has 6 nitrogen and oxygen atoms in total. The first-order chi connectivity index (χ1) is 12.9. The highest BCUT2D eigenvalue weighted by Gasteiger charge is 2.40. The van der Waals surface area contributed by atoms with Crippen LogP contribution in [0.3, 0.4) is 0 Å². The van der Waals surface area contributed by atoms with Gasteiger partial charge in [-0.15, -0.1) is 0 Å². The number of halogens is 1. The second-order valence-electron chi connectivity index (χ2n) is 7.77. The van der Waals surface area contributed by atoms with Gasteiger partial charge in [-0.05, 0) is 43.4 Å². The van der Waals surface area contributed by atoms with Crippen LogP contribution in [-0.4, -0.2) is 61.3 Å². The lowest BCUT2D eigenvalue weighted by Gasteiger charge is -2.46. The Hall–Kier alpha value is -2.17. The van der Waals surface area contributed by atoms with E-state index in [1.807, 2.05) is 6.07 Å². The number of piperidine rings is 1. The monoisotopic (exact) mass is 374 g/mol. The summed E-state index contributed by atoms with van der Waals surface area (Å²) in [4.78, 5) is 15.8. The molecular formula is C20H27FN4O2. The second-order valence-corrected chi connectivity index (χ2v) is 7.77. The highest BCUT2D eigenvalue weighted by molar-refractivity contribution is 5.73. The minimum Gasteiger partial charge on any atom is -0.375 e. The third-order valence-electron chi connectivity index (χ3n) is 5.55. The molecule has 1 aromatic rings. The van der Waals surface area contributed by atoms with E-state index in [0.717, 1.165) is 44.3 Å². The molecule has 2 saturated heterocycles. The Labute approximate surface area is 159 Å². The van der Waals surface area contributed by atoms with Crippen molar-refractivity contribution in [2.75, 3.05) is 33.8 Å². The lowest BCUT2D eigenvalue weighted by atomic mass is 9.82. The summed E-state index contributed by atoms with van der Waals surface area (Å²) in [6.07, 6.45) is 3.51. The molecule has 0 bridgehead atoms. The summed E-state index contributed by atoms with van der Waals surface area (Å²) in [6.45, 7) is 3.13. The van der Waals surface area contributed by atoms with Gasteiger partial charge in [-0.3, -0.25) is 4.90 Å². The van der Waals surface area contributed by atoms with Crippen LogP contribution in [0.25, 0.3) is 0 Å². The van der Waals surface area contributed by atoms with E-state index in [1.54, 1.807) is 31.1 Å². The Kier molecular flexibility index (Phi) is 5.98. The highest BCUT2D eigenvalue weighted by Crippen LogP contribution is 2.35. The average molecular weight is 374 g/mol. The Morgan fingerprint density at radius 3 is 2.85 bits per heavy atom. The predicted molar refractivity (Wildman–Crippen MR) is 99.5 cm³/mol. The molecule has 1 spiro atoms. The Morgan fingerprint density at radius 2 is 2.19 bits per heavy atom. The number of nitriles is 1. The second kappa shape index (κ2) is 8.24. The molecule has 2 aliphatic rings. The Bertz CT molecular complexity index is 723. The molecule has 2 fully saturated rings. The first kappa shape index (κ1) is 19.6. The summed E-state index contributed by atoms with van der Waals surface area (Å²) in [5, 5.41) is 12.1. The van der Waals surface area contributed by atoms with Crippen molar-refractivity contribution in [3.05, 3.63) is 35.1 Å². The van der Waals surface area contributed by atoms with Crippen molar-refractivity contribution < 1.29 is 13.9 Å². The van der Waals surface area contributed by atoms with E-state index in [-0.39, 0.29) is 23.2 Å². The third-order valence-corrected chi connectivity index (χ3v) is 5.55. The quantitative estimate of drug-likeness (QED) is 0.883. The molecular weight excluding hydrogens is 347 g/mol. The van der Waals surface area contributed by atoms with Gasteiger partial charge in [-0.2, -0.15) is 5.26 Å². The van der Waals surface area contributed by atoms with Crippen molar-refractivity contribution in [1.29, 1.82) is 5.26 Å². The van der Waals surface area contributed by atoms with E-state index in [9.17, 15) is 9.18 Å². The molecule has 2 heterocycles. The predicted octanol–water partition coefficient (Wildman–Crippen LogP) is 2.48. The van der Waals surface area contributed by atoms with Crippen LogP contribution in [0, 0.1) is 17.1 Å². The maximum atomic E-state index is 13.5. The number of hydrogen-bond acceptors (Lipinski definition) is 4. The van der Waals surface area contributed by atoms with Crippen LogP contribution in [0.5, 0.6) is 0 Å². The van der Waals surface area contributed by atoms with Crippen LogP contribution in [0.2, 0.25) is 0 Å². The smallest absolute Gasteiger partial charge is 0.317 e. The van der Waals surface area contributed by atoms with Crippen molar-refractivity contribution >= 4 is 6.03 Å². The summed E-state index contributed by atoms with van der Waals surface area (Å²) >= 11 is 0. The number of carbonyl (C=O) groups excluding carboxylic acids is 1. The molecule has 0 radical (unpaired) electrons. The zero-order valence-corrected chi connectivity index (χ0v) is 16.0. The largest absolute Gasteiger partial charge is 0.375 e. The van der Waals surface area contributed by atoms with E-state index in [1.165, 1.54) is 6.07 Å². The fourth-order valence-corrected chi connectivity index (χ4v) is 3.94. The van der Waals surface area contributed by atoms with Gasteiger partial charge in [0, 0.05) is 46.4 Å². The van der Waals surface area contributed by atoms with Crippen molar-refractivity contribution in [3.8, 4) is 6.07 Å². The van der Waals surface area contributed by atoms with E-state index in [4.69, 9.17) is 10.00 Å². The van der Waals surface area contributed by atoms with Crippen LogP contribution in [0.15, 0.2) is 18.2 Å². The molecule has 0 saturated carbocycles. The number of likely N-dealkylation sites (tertiary alicyclic amines) is 1. The fourth-order valence-electron chi connectivity index (χ4n) is 3.94. The third kappa shape index (κ3) is 4.76. The summed E-state index contributed by atoms with van der Waals surface area (Å²) in [5.41, 5.74) is 0.875. The number of benzene rings is 1. The number of hydrogen-bond donors (Lipinski definition) is 1. The Morgan fingerprint density at radius 1 is 1.44 bits per heavy atom. The molecule has 1 N–H and O–H groups in total. The molecule has 0 aromatic heterocycles. The van der Waals surface area contributed by atoms with Gasteiger partial charge in [-0.1, -0.05) is 6.07 Å². The number of urea groups is 1. The number of amides is 2. The molecule has 1 unspecified atom stereocenters. The normalized spacial score (nSPS) is 22.2. The van der Waals surface area contributed by atoms with E-state index in [2.05, 4.69) is 10.2 Å². The van der Waals surface area contributed by atoms with Gasteiger partial charge in [0.05, 0.1) is 11.2 Å². The SMILES string of the molecule is CN(C)C(=O)NC1CCOC2(CCN(Cc3ccc(F)c(C#N)c3)CC2)C1. The molecule has 1 aromatic carbocycles. The summed E-state index contributed by atoms with van der Waals surface area (Å²) in [7, 11) is 3.49. The first-order valence-electron chi connectivity index (χ1n) is 9.43. The minimum absolute atomic E-state index is 0.0564. The van der Waals surface area contributed by atoms with Gasteiger partial charge >= 0.3 is 6.03 Å². The van der Waals surface area contributed by atoms with Gasteiger partial charge in [0.2, 0.25) is 0 Å². The van der Waals surface area contributed by atoms with Crippen molar-refractivity contribution in [2.24, 2.45) is 0 Å². The topological polar surface area (TPSA) is 68.6 Å². The van der Waals surface area contributed by atoms with Gasteiger partial charge in [0.1, 0.15) is 11.9 Å². The van der Waals surface area contributed by atoms with Crippen molar-refractivity contribution in [1.82, 2.24) is 15.1 Å². The Balaban J connectivity index is 1.55. The lowest BCUT2D eigenvalue weighted by Crippen LogP contribution is -2.54. The van der Waals surface area contributed by atoms with Gasteiger partial charge < -0.3 is 15.0 Å². The maximum Gasteiger partial charge on any atom is 0.317 e. The van der Waals surface area contributed by atoms with Crippen LogP contribution in [-0.2, 0) is 11.3 Å². The van der Waals surface area contributed by atoms with Crippen molar-refractivity contribution in [3.63, 3.8) is 0 Å². The maximum absolute atomic E-state index is 13.5. The van der Waals surface area contributed by atoms with Gasteiger partial charge in [-0.25, -0.2) is 9.18 Å². The fraction of sp³-hybridized carbons (Fsp3) is 0.600. The van der Waals surface area contributed by atoms with Crippen LogP contribution in [0.1, 0.15) is 36.8 Å². The zero-order chi connectivity index (χ0) is 19.4. The minimum atomic E-state index is -0.472. The first-order valence-corrected chi connectivity index (χ1v) is 9.43. The number of nitrogens with zero attached hydrogens (tertiary/aromatic N) is 3. The molecule has 2 amide bonds. The van der Waals surface area contributed by atoms with Crippen LogP contribution < -0.4 is 5.32 Å². The average Bonchev–Trinajstić information content (AvgIpc) is 2.65. The summed E-state index contributed by atoms with van der Waals surface area (Å²) < 4.78 is 19.6. The lowest BCUT2D eigenvalue weighted by molar-refractivity contribution is -0.119. The van der Waals surface area contributed by atoms with E-state index < -0.39 is 5.82 Å². The zero-order valence-electron chi connectivity index (χ0n) is 16.0. The molecule has 27 heavy (non-hydrogen) atoms. The van der Waals surface area contributed by atoms with Gasteiger partial charge in [0.15, 0.2) is 0 Å². The van der Waals surface area contributed by atoms with Gasteiger partial charge in [0.25, 0.3) is 0 Å². The highest BCUT2D eigenvalue weighted by atomic mass is 19.1. The molecule has 3 rings (SSSR count). The van der Waals surface area contributed by atoms with Crippen LogP contribution in [0.4, 0.5) is 9.18 Å². The van der Waals surface area contributed by atoms with E-state index >= 15 is 0 Å². The molecule has 7 heteroatoms. The summed E-state index contributed by atoms with van der Waals surface area (Å²) in [6, 6.07) is 6.72. The molecule has 1 atom stereocenters. The standard InChI is InChI=1S/C20H27FN4O2/c1-24(2)19(26)23-17-5-10-27-20(12-17)6-8-25(9-7-20)14-15-3-4-18(21)16(11-15)13-22/h3-4,11,17H,5-10,12,14H2,1-2H3,(H,23,26). The van der Waals surface area contributed by atoms with Crippen molar-refractivity contribution in [2.45, 2.75) is 43.9 Å². The van der Waals surface area contributed by atoms with E-state index in [0.29, 0.717) is 13.2 Å². The summed E-state index contributed by atoms with van der Waals surface area (Å²) in [5.74, 6) is -0.472. The molecule has 0 aliphatic carbocycles. The number of ether oxygens (including phenoxy) is 1. The van der Waals surface area contributed by atoms with Crippen LogP contribution >= 0.6 is 0 Å². The number of nitrogens with one attached hydrogen (secondary N) is 1. The number of carbonyl (C=O) groups is 1. The molecule has 146 valence electrons. The number of rotatable bonds is 3. The molecule has 2 aliphatic heterocycles.